The normalized spacial score (nSPS) is 19.3. The number of nitrogens with zero attached hydrogens (tertiary/aromatic N) is 4. The highest BCUT2D eigenvalue weighted by Gasteiger charge is 2.23. The Balaban J connectivity index is 2.01. The van der Waals surface area contributed by atoms with Crippen LogP contribution in [0.25, 0.3) is 0 Å². The molecule has 1 aliphatic rings. The van der Waals surface area contributed by atoms with Crippen LogP contribution in [0.2, 0.25) is 0 Å². The molecule has 21 heavy (non-hydrogen) atoms. The van der Waals surface area contributed by atoms with E-state index in [0.29, 0.717) is 6.04 Å². The molecular formula is C16H29N5. The predicted molar refractivity (Wildman–Crippen MR) is 87.7 cm³/mol. The van der Waals surface area contributed by atoms with Crippen molar-refractivity contribution >= 4 is 5.95 Å². The first-order valence-electron chi connectivity index (χ1n) is 8.06. The number of piperidine rings is 1. The summed E-state index contributed by atoms with van der Waals surface area (Å²) in [5, 5.41) is 3.41. The van der Waals surface area contributed by atoms with Gasteiger partial charge >= 0.3 is 0 Å². The summed E-state index contributed by atoms with van der Waals surface area (Å²) in [7, 11) is 4.31. The Labute approximate surface area is 128 Å². The van der Waals surface area contributed by atoms with Crippen LogP contribution in [-0.2, 0) is 6.54 Å². The topological polar surface area (TPSA) is 44.3 Å². The lowest BCUT2D eigenvalue weighted by atomic mass is 10.1. The number of likely N-dealkylation sites (N-methyl/N-ethyl adjacent to an activating group) is 1. The fourth-order valence-electron chi connectivity index (χ4n) is 2.76. The van der Waals surface area contributed by atoms with Crippen molar-refractivity contribution in [3.8, 4) is 0 Å². The Kier molecular flexibility index (Phi) is 5.94. The maximum absolute atomic E-state index is 4.73. The van der Waals surface area contributed by atoms with Crippen molar-refractivity contribution in [3.63, 3.8) is 0 Å². The average molecular weight is 291 g/mol. The molecule has 0 amide bonds. The van der Waals surface area contributed by atoms with E-state index in [2.05, 4.69) is 48.0 Å². The quantitative estimate of drug-likeness (QED) is 0.810. The number of aryl methyl sites for hydroxylation is 1. The minimum atomic E-state index is 0.605. The van der Waals surface area contributed by atoms with Crippen LogP contribution >= 0.6 is 0 Å². The molecule has 1 fully saturated rings. The van der Waals surface area contributed by atoms with Crippen LogP contribution in [0.1, 0.15) is 37.4 Å². The molecular weight excluding hydrogens is 262 g/mol. The number of anilines is 1. The van der Waals surface area contributed by atoms with Gasteiger partial charge in [-0.1, -0.05) is 6.92 Å². The summed E-state index contributed by atoms with van der Waals surface area (Å²) >= 11 is 0. The maximum atomic E-state index is 4.73. The molecule has 0 bridgehead atoms. The SMILES string of the molecule is CCCNCc1cnc(N2CCCC(N(C)C)C2)nc1C. The summed E-state index contributed by atoms with van der Waals surface area (Å²) in [6, 6.07) is 0.605. The minimum absolute atomic E-state index is 0.605. The zero-order valence-electron chi connectivity index (χ0n) is 13.9. The molecule has 0 aromatic carbocycles. The van der Waals surface area contributed by atoms with Gasteiger partial charge in [0.1, 0.15) is 0 Å². The number of aromatic nitrogens is 2. The van der Waals surface area contributed by atoms with Crippen molar-refractivity contribution in [2.45, 2.75) is 45.7 Å². The van der Waals surface area contributed by atoms with E-state index in [1.165, 1.54) is 18.4 Å². The van der Waals surface area contributed by atoms with Gasteiger partial charge in [-0.15, -0.1) is 0 Å². The molecule has 1 N–H and O–H groups in total. The number of rotatable bonds is 6. The highest BCUT2D eigenvalue weighted by molar-refractivity contribution is 5.34. The van der Waals surface area contributed by atoms with E-state index < -0.39 is 0 Å². The fraction of sp³-hybridized carbons (Fsp3) is 0.750. The van der Waals surface area contributed by atoms with Gasteiger partial charge in [-0.2, -0.15) is 0 Å². The highest BCUT2D eigenvalue weighted by Crippen LogP contribution is 2.19. The Morgan fingerprint density at radius 2 is 2.24 bits per heavy atom. The zero-order chi connectivity index (χ0) is 15.2. The van der Waals surface area contributed by atoms with E-state index in [9.17, 15) is 0 Å². The van der Waals surface area contributed by atoms with Crippen LogP contribution in [0.15, 0.2) is 6.20 Å². The summed E-state index contributed by atoms with van der Waals surface area (Å²) in [6.45, 7) is 8.26. The van der Waals surface area contributed by atoms with Crippen LogP contribution in [0.3, 0.4) is 0 Å². The molecule has 1 aliphatic heterocycles. The van der Waals surface area contributed by atoms with E-state index in [1.54, 1.807) is 0 Å². The summed E-state index contributed by atoms with van der Waals surface area (Å²) in [6.07, 6.45) is 5.61. The Morgan fingerprint density at radius 1 is 1.43 bits per heavy atom. The lowest BCUT2D eigenvalue weighted by molar-refractivity contribution is 0.257. The van der Waals surface area contributed by atoms with Gasteiger partial charge in [-0.05, 0) is 46.8 Å². The van der Waals surface area contributed by atoms with E-state index >= 15 is 0 Å². The second-order valence-electron chi connectivity index (χ2n) is 6.16. The highest BCUT2D eigenvalue weighted by atomic mass is 15.3. The molecule has 1 saturated heterocycles. The molecule has 5 heteroatoms. The van der Waals surface area contributed by atoms with Crippen LogP contribution in [0.4, 0.5) is 5.95 Å². The third-order valence-electron chi connectivity index (χ3n) is 4.22. The summed E-state index contributed by atoms with van der Waals surface area (Å²) in [5.41, 5.74) is 2.30. The minimum Gasteiger partial charge on any atom is -0.339 e. The molecule has 1 aromatic heterocycles. The molecule has 2 rings (SSSR count). The Morgan fingerprint density at radius 3 is 2.90 bits per heavy atom. The number of nitrogens with one attached hydrogen (secondary N) is 1. The third-order valence-corrected chi connectivity index (χ3v) is 4.22. The molecule has 5 nitrogen and oxygen atoms in total. The molecule has 0 aliphatic carbocycles. The van der Waals surface area contributed by atoms with Crippen molar-refractivity contribution < 1.29 is 0 Å². The fourth-order valence-corrected chi connectivity index (χ4v) is 2.76. The first-order chi connectivity index (χ1) is 10.1. The van der Waals surface area contributed by atoms with Gasteiger partial charge in [0.15, 0.2) is 0 Å². The van der Waals surface area contributed by atoms with Crippen molar-refractivity contribution in [2.75, 3.05) is 38.6 Å². The summed E-state index contributed by atoms with van der Waals surface area (Å²) in [5.74, 6) is 0.887. The second kappa shape index (κ2) is 7.71. The van der Waals surface area contributed by atoms with Crippen LogP contribution in [0, 0.1) is 6.92 Å². The molecule has 118 valence electrons. The van der Waals surface area contributed by atoms with Gasteiger partial charge < -0.3 is 15.1 Å². The molecule has 2 heterocycles. The van der Waals surface area contributed by atoms with E-state index in [1.807, 2.05) is 6.20 Å². The first kappa shape index (κ1) is 16.2. The smallest absolute Gasteiger partial charge is 0.225 e. The van der Waals surface area contributed by atoms with Gasteiger partial charge in [-0.3, -0.25) is 0 Å². The zero-order valence-corrected chi connectivity index (χ0v) is 13.9. The van der Waals surface area contributed by atoms with E-state index in [-0.39, 0.29) is 0 Å². The van der Waals surface area contributed by atoms with Crippen LogP contribution in [0.5, 0.6) is 0 Å². The van der Waals surface area contributed by atoms with Gasteiger partial charge in [0, 0.05) is 43.1 Å². The van der Waals surface area contributed by atoms with Gasteiger partial charge in [0.05, 0.1) is 0 Å². The number of hydrogen-bond donors (Lipinski definition) is 1. The number of hydrogen-bond acceptors (Lipinski definition) is 5. The summed E-state index contributed by atoms with van der Waals surface area (Å²) < 4.78 is 0. The lowest BCUT2D eigenvalue weighted by Gasteiger charge is -2.36. The van der Waals surface area contributed by atoms with Crippen molar-refractivity contribution in [2.24, 2.45) is 0 Å². The predicted octanol–water partition coefficient (Wildman–Crippen LogP) is 1.82. The molecule has 1 atom stereocenters. The summed E-state index contributed by atoms with van der Waals surface area (Å²) in [4.78, 5) is 13.9. The van der Waals surface area contributed by atoms with Crippen molar-refractivity contribution in [3.05, 3.63) is 17.5 Å². The average Bonchev–Trinajstić information content (AvgIpc) is 2.49. The molecule has 1 aromatic rings. The largest absolute Gasteiger partial charge is 0.339 e. The van der Waals surface area contributed by atoms with E-state index in [0.717, 1.165) is 44.2 Å². The molecule has 0 saturated carbocycles. The first-order valence-corrected chi connectivity index (χ1v) is 8.06. The van der Waals surface area contributed by atoms with Crippen molar-refractivity contribution in [1.29, 1.82) is 0 Å². The Bertz CT molecular complexity index is 446. The molecule has 1 unspecified atom stereocenters. The molecule has 0 spiro atoms. The van der Waals surface area contributed by atoms with E-state index in [4.69, 9.17) is 4.98 Å². The van der Waals surface area contributed by atoms with Gasteiger partial charge in [0.2, 0.25) is 5.95 Å². The van der Waals surface area contributed by atoms with Crippen LogP contribution in [-0.4, -0.2) is 54.6 Å². The second-order valence-corrected chi connectivity index (χ2v) is 6.16. The van der Waals surface area contributed by atoms with Crippen LogP contribution < -0.4 is 10.2 Å². The van der Waals surface area contributed by atoms with Gasteiger partial charge in [0.25, 0.3) is 0 Å². The monoisotopic (exact) mass is 291 g/mol. The standard InChI is InChI=1S/C16H29N5/c1-5-8-17-10-14-11-18-16(19-13(14)2)21-9-6-7-15(12-21)20(3)4/h11,15,17H,5-10,12H2,1-4H3. The van der Waals surface area contributed by atoms with Gasteiger partial charge in [-0.25, -0.2) is 9.97 Å². The van der Waals surface area contributed by atoms with Crippen molar-refractivity contribution in [1.82, 2.24) is 20.2 Å². The molecule has 0 radical (unpaired) electrons. The third kappa shape index (κ3) is 4.38. The Hall–Kier alpha value is -1.20. The maximum Gasteiger partial charge on any atom is 0.225 e. The lowest BCUT2D eigenvalue weighted by Crippen LogP contribution is -2.45.